The number of hydrogen-bond donors (Lipinski definition) is 0. The number of amides is 1. The highest BCUT2D eigenvalue weighted by Gasteiger charge is 2.34. The zero-order chi connectivity index (χ0) is 23.5. The second-order valence-electron chi connectivity index (χ2n) is 8.80. The molecule has 5 rings (SSSR count). The third-order valence-electron chi connectivity index (χ3n) is 6.40. The van der Waals surface area contributed by atoms with Gasteiger partial charge in [-0.25, -0.2) is 4.98 Å². The van der Waals surface area contributed by atoms with Crippen molar-refractivity contribution in [3.8, 4) is 11.5 Å². The Labute approximate surface area is 199 Å². The van der Waals surface area contributed by atoms with Crippen LogP contribution < -0.4 is 9.47 Å². The largest absolute Gasteiger partial charge is 0.497 e. The molecule has 0 radical (unpaired) electrons. The second kappa shape index (κ2) is 9.59. The fourth-order valence-corrected chi connectivity index (χ4v) is 4.58. The molecule has 1 aliphatic rings. The van der Waals surface area contributed by atoms with Crippen molar-refractivity contribution in [2.24, 2.45) is 0 Å². The van der Waals surface area contributed by atoms with E-state index < -0.39 is 0 Å². The van der Waals surface area contributed by atoms with Gasteiger partial charge in [0.25, 0.3) is 0 Å². The van der Waals surface area contributed by atoms with Gasteiger partial charge in [0.15, 0.2) is 0 Å². The van der Waals surface area contributed by atoms with Crippen molar-refractivity contribution in [3.05, 3.63) is 89.7 Å². The molecule has 4 aromatic rings. The molecule has 1 amide bonds. The van der Waals surface area contributed by atoms with Crippen LogP contribution in [0.1, 0.15) is 29.3 Å². The van der Waals surface area contributed by atoms with E-state index in [2.05, 4.69) is 29.7 Å². The maximum Gasteiger partial charge on any atom is 0.223 e. The molecular formula is C28H29N3O3. The van der Waals surface area contributed by atoms with Gasteiger partial charge in [-0.15, -0.1) is 0 Å². The zero-order valence-electron chi connectivity index (χ0n) is 19.6. The number of ether oxygens (including phenoxy) is 2. The summed E-state index contributed by atoms with van der Waals surface area (Å²) in [4.78, 5) is 19.8. The van der Waals surface area contributed by atoms with Gasteiger partial charge in [0.1, 0.15) is 23.9 Å². The van der Waals surface area contributed by atoms with Gasteiger partial charge in [-0.3, -0.25) is 4.79 Å². The minimum absolute atomic E-state index is 0.0533. The van der Waals surface area contributed by atoms with Gasteiger partial charge in [0.05, 0.1) is 24.7 Å². The molecule has 0 aliphatic carbocycles. The molecule has 174 valence electrons. The van der Waals surface area contributed by atoms with Gasteiger partial charge >= 0.3 is 0 Å². The molecule has 6 heteroatoms. The molecule has 6 nitrogen and oxygen atoms in total. The Kier molecular flexibility index (Phi) is 6.21. The van der Waals surface area contributed by atoms with Gasteiger partial charge < -0.3 is 18.9 Å². The highest BCUT2D eigenvalue weighted by molar-refractivity contribution is 5.81. The maximum atomic E-state index is 12.9. The van der Waals surface area contributed by atoms with Gasteiger partial charge in [0.2, 0.25) is 5.91 Å². The molecule has 1 atom stereocenters. The van der Waals surface area contributed by atoms with Crippen LogP contribution >= 0.6 is 0 Å². The summed E-state index contributed by atoms with van der Waals surface area (Å²) in [5, 5.41) is 0. The predicted octanol–water partition coefficient (Wildman–Crippen LogP) is 4.95. The second-order valence-corrected chi connectivity index (χ2v) is 8.80. The SMILES string of the molecule is COc1ccc(CN2CC(c3nc4ccccc4n3CCOc3ccc(C)cc3)CC2=O)cc1. The van der Waals surface area contributed by atoms with Gasteiger partial charge in [-0.1, -0.05) is 42.0 Å². The van der Waals surface area contributed by atoms with Crippen molar-refractivity contribution in [2.45, 2.75) is 32.4 Å². The lowest BCUT2D eigenvalue weighted by Crippen LogP contribution is -2.24. The minimum atomic E-state index is 0.0533. The summed E-state index contributed by atoms with van der Waals surface area (Å²) in [5.41, 5.74) is 4.33. The van der Waals surface area contributed by atoms with E-state index in [-0.39, 0.29) is 11.8 Å². The molecule has 1 aliphatic heterocycles. The topological polar surface area (TPSA) is 56.6 Å². The molecule has 0 N–H and O–H groups in total. The Morgan fingerprint density at radius 3 is 2.47 bits per heavy atom. The lowest BCUT2D eigenvalue weighted by molar-refractivity contribution is -0.128. The third-order valence-corrected chi connectivity index (χ3v) is 6.40. The Morgan fingerprint density at radius 2 is 1.71 bits per heavy atom. The molecule has 1 unspecified atom stereocenters. The summed E-state index contributed by atoms with van der Waals surface area (Å²) < 4.78 is 13.5. The van der Waals surface area contributed by atoms with E-state index >= 15 is 0 Å². The molecule has 34 heavy (non-hydrogen) atoms. The number of para-hydroxylation sites is 2. The number of methoxy groups -OCH3 is 1. The van der Waals surface area contributed by atoms with Crippen LogP contribution in [-0.4, -0.2) is 40.6 Å². The number of hydrogen-bond acceptors (Lipinski definition) is 4. The number of aromatic nitrogens is 2. The van der Waals surface area contributed by atoms with Crippen molar-refractivity contribution in [2.75, 3.05) is 20.3 Å². The van der Waals surface area contributed by atoms with Crippen LogP contribution in [0.3, 0.4) is 0 Å². The van der Waals surface area contributed by atoms with Crippen LogP contribution in [-0.2, 0) is 17.9 Å². The number of carbonyl (C=O) groups excluding carboxylic acids is 1. The number of benzene rings is 3. The standard InChI is InChI=1S/C28H29N3O3/c1-20-7-11-24(12-8-20)34-16-15-31-26-6-4-3-5-25(26)29-28(31)22-17-27(32)30(19-22)18-21-9-13-23(33-2)14-10-21/h3-14,22H,15-19H2,1-2H3. The average Bonchev–Trinajstić information content (AvgIpc) is 3.41. The monoisotopic (exact) mass is 455 g/mol. The van der Waals surface area contributed by atoms with E-state index in [1.165, 1.54) is 5.56 Å². The molecule has 1 saturated heterocycles. The van der Waals surface area contributed by atoms with Gasteiger partial charge in [-0.05, 0) is 48.9 Å². The van der Waals surface area contributed by atoms with E-state index in [9.17, 15) is 4.79 Å². The van der Waals surface area contributed by atoms with Crippen molar-refractivity contribution >= 4 is 16.9 Å². The van der Waals surface area contributed by atoms with E-state index in [4.69, 9.17) is 14.5 Å². The summed E-state index contributed by atoms with van der Waals surface area (Å²) in [7, 11) is 1.65. The Bertz CT molecular complexity index is 1280. The molecule has 1 aromatic heterocycles. The molecule has 0 spiro atoms. The van der Waals surface area contributed by atoms with Crippen molar-refractivity contribution in [1.29, 1.82) is 0 Å². The number of likely N-dealkylation sites (tertiary alicyclic amines) is 1. The van der Waals surface area contributed by atoms with Gasteiger partial charge in [-0.2, -0.15) is 0 Å². The van der Waals surface area contributed by atoms with Crippen molar-refractivity contribution in [1.82, 2.24) is 14.5 Å². The summed E-state index contributed by atoms with van der Waals surface area (Å²) in [6.07, 6.45) is 0.471. The van der Waals surface area contributed by atoms with Crippen LogP contribution in [0.5, 0.6) is 11.5 Å². The summed E-state index contributed by atoms with van der Waals surface area (Å²) in [6, 6.07) is 24.1. The number of rotatable bonds is 8. The lowest BCUT2D eigenvalue weighted by Gasteiger charge is -2.18. The first kappa shape index (κ1) is 22.0. The van der Waals surface area contributed by atoms with E-state index in [1.54, 1.807) is 7.11 Å². The summed E-state index contributed by atoms with van der Waals surface area (Å²) >= 11 is 0. The number of carbonyl (C=O) groups is 1. The number of nitrogens with zero attached hydrogens (tertiary/aromatic N) is 3. The van der Waals surface area contributed by atoms with Crippen LogP contribution in [0.25, 0.3) is 11.0 Å². The fraction of sp³-hybridized carbons (Fsp3) is 0.286. The normalized spacial score (nSPS) is 15.8. The third kappa shape index (κ3) is 4.62. The Balaban J connectivity index is 1.33. The molecule has 2 heterocycles. The van der Waals surface area contributed by atoms with Crippen molar-refractivity contribution in [3.63, 3.8) is 0 Å². The van der Waals surface area contributed by atoms with E-state index in [0.717, 1.165) is 33.9 Å². The quantitative estimate of drug-likeness (QED) is 0.377. The summed E-state index contributed by atoms with van der Waals surface area (Å²) in [5.74, 6) is 2.85. The van der Waals surface area contributed by atoms with Crippen molar-refractivity contribution < 1.29 is 14.3 Å². The highest BCUT2D eigenvalue weighted by atomic mass is 16.5. The first-order valence-corrected chi connectivity index (χ1v) is 11.7. The molecule has 0 saturated carbocycles. The Hall–Kier alpha value is -3.80. The van der Waals surface area contributed by atoms with Crippen LogP contribution in [0, 0.1) is 6.92 Å². The van der Waals surface area contributed by atoms with Crippen LogP contribution in [0.4, 0.5) is 0 Å². The molecule has 0 bridgehead atoms. The Morgan fingerprint density at radius 1 is 0.971 bits per heavy atom. The minimum Gasteiger partial charge on any atom is -0.497 e. The lowest BCUT2D eigenvalue weighted by atomic mass is 10.1. The predicted molar refractivity (Wildman–Crippen MR) is 132 cm³/mol. The highest BCUT2D eigenvalue weighted by Crippen LogP contribution is 2.31. The average molecular weight is 456 g/mol. The first-order chi connectivity index (χ1) is 16.6. The molecule has 1 fully saturated rings. The van der Waals surface area contributed by atoms with Gasteiger partial charge in [0, 0.05) is 25.4 Å². The molecule has 3 aromatic carbocycles. The maximum absolute atomic E-state index is 12.9. The van der Waals surface area contributed by atoms with E-state index in [0.29, 0.717) is 32.7 Å². The fourth-order valence-electron chi connectivity index (χ4n) is 4.58. The van der Waals surface area contributed by atoms with E-state index in [1.807, 2.05) is 59.5 Å². The zero-order valence-corrected chi connectivity index (χ0v) is 19.6. The van der Waals surface area contributed by atoms with Crippen LogP contribution in [0.2, 0.25) is 0 Å². The summed E-state index contributed by atoms with van der Waals surface area (Å²) in [6.45, 7) is 4.52. The first-order valence-electron chi connectivity index (χ1n) is 11.7. The number of fused-ring (bicyclic) bond motifs is 1. The number of imidazole rings is 1. The molecular weight excluding hydrogens is 426 g/mol. The van der Waals surface area contributed by atoms with Crippen LogP contribution in [0.15, 0.2) is 72.8 Å². The number of aryl methyl sites for hydroxylation is 1. The smallest absolute Gasteiger partial charge is 0.223 e.